The topological polar surface area (TPSA) is 62.3 Å². The number of fused-ring (bicyclic) bond motifs is 1. The zero-order chi connectivity index (χ0) is 15.1. The van der Waals surface area contributed by atoms with Gasteiger partial charge in [0.25, 0.3) is 0 Å². The van der Waals surface area contributed by atoms with Crippen molar-refractivity contribution in [3.05, 3.63) is 34.9 Å². The van der Waals surface area contributed by atoms with Gasteiger partial charge in [-0.25, -0.2) is 0 Å². The van der Waals surface area contributed by atoms with Crippen molar-refractivity contribution in [2.24, 2.45) is 0 Å². The van der Waals surface area contributed by atoms with Gasteiger partial charge in [-0.2, -0.15) is 0 Å². The quantitative estimate of drug-likeness (QED) is 0.860. The Kier molecular flexibility index (Phi) is 3.41. The number of nitrogens with zero attached hydrogens (tertiary/aromatic N) is 2. The summed E-state index contributed by atoms with van der Waals surface area (Å²) in [5.41, 5.74) is 1.38. The van der Waals surface area contributed by atoms with Gasteiger partial charge < -0.3 is 5.32 Å². The molecule has 5 nitrogen and oxygen atoms in total. The predicted molar refractivity (Wildman–Crippen MR) is 84.0 cm³/mol. The van der Waals surface area contributed by atoms with Gasteiger partial charge in [0, 0.05) is 16.1 Å². The molecule has 3 rings (SSSR count). The third-order valence-electron chi connectivity index (χ3n) is 3.65. The molecule has 1 aromatic carbocycles. The van der Waals surface area contributed by atoms with E-state index in [-0.39, 0.29) is 11.8 Å². The SMILES string of the molecule is CC1NC(=O)C(C)N(c2cccc3cc(Br)cnc23)C1=O. The molecule has 2 atom stereocenters. The van der Waals surface area contributed by atoms with E-state index in [0.717, 1.165) is 9.86 Å². The third kappa shape index (κ3) is 2.29. The van der Waals surface area contributed by atoms with Gasteiger partial charge in [-0.3, -0.25) is 19.5 Å². The average molecular weight is 348 g/mol. The van der Waals surface area contributed by atoms with E-state index >= 15 is 0 Å². The van der Waals surface area contributed by atoms with Crippen molar-refractivity contribution in [3.8, 4) is 0 Å². The maximum atomic E-state index is 12.5. The highest BCUT2D eigenvalue weighted by Crippen LogP contribution is 2.30. The summed E-state index contributed by atoms with van der Waals surface area (Å²) < 4.78 is 0.872. The van der Waals surface area contributed by atoms with Crippen LogP contribution in [-0.4, -0.2) is 28.9 Å². The number of para-hydroxylation sites is 1. The fourth-order valence-corrected chi connectivity index (χ4v) is 2.90. The third-order valence-corrected chi connectivity index (χ3v) is 4.08. The molecular formula is C15H14BrN3O2. The normalized spacial score (nSPS) is 22.5. The molecule has 6 heteroatoms. The van der Waals surface area contributed by atoms with Gasteiger partial charge in [0.05, 0.1) is 11.2 Å². The molecule has 2 aromatic rings. The fraction of sp³-hybridized carbons (Fsp3) is 0.267. The molecule has 1 aliphatic heterocycles. The first-order valence-electron chi connectivity index (χ1n) is 6.67. The van der Waals surface area contributed by atoms with Crippen LogP contribution in [0, 0.1) is 0 Å². The van der Waals surface area contributed by atoms with Crippen LogP contribution in [0.3, 0.4) is 0 Å². The number of carbonyl (C=O) groups excluding carboxylic acids is 2. The van der Waals surface area contributed by atoms with E-state index < -0.39 is 12.1 Å². The lowest BCUT2D eigenvalue weighted by molar-refractivity contribution is -0.133. The summed E-state index contributed by atoms with van der Waals surface area (Å²) >= 11 is 3.39. The smallest absolute Gasteiger partial charge is 0.250 e. The lowest BCUT2D eigenvalue weighted by Gasteiger charge is -2.36. The van der Waals surface area contributed by atoms with Crippen LogP contribution in [0.1, 0.15) is 13.8 Å². The van der Waals surface area contributed by atoms with E-state index in [2.05, 4.69) is 26.2 Å². The Balaban J connectivity index is 2.18. The van der Waals surface area contributed by atoms with E-state index in [0.29, 0.717) is 11.2 Å². The van der Waals surface area contributed by atoms with Crippen LogP contribution in [0.4, 0.5) is 5.69 Å². The Morgan fingerprint density at radius 2 is 2.05 bits per heavy atom. The number of benzene rings is 1. The van der Waals surface area contributed by atoms with Crippen molar-refractivity contribution in [1.29, 1.82) is 0 Å². The summed E-state index contributed by atoms with van der Waals surface area (Å²) in [5.74, 6) is -0.282. The zero-order valence-corrected chi connectivity index (χ0v) is 13.2. The highest BCUT2D eigenvalue weighted by Gasteiger charge is 2.37. The number of piperazine rings is 1. The molecule has 0 bridgehead atoms. The van der Waals surface area contributed by atoms with E-state index in [1.807, 2.05) is 24.3 Å². The Labute approximate surface area is 130 Å². The lowest BCUT2D eigenvalue weighted by atomic mass is 10.1. The first kappa shape index (κ1) is 14.0. The van der Waals surface area contributed by atoms with Gasteiger partial charge in [0.2, 0.25) is 11.8 Å². The number of anilines is 1. The fourth-order valence-electron chi connectivity index (χ4n) is 2.55. The minimum absolute atomic E-state index is 0.126. The van der Waals surface area contributed by atoms with E-state index in [1.54, 1.807) is 20.0 Å². The number of pyridine rings is 1. The molecule has 1 N–H and O–H groups in total. The summed E-state index contributed by atoms with van der Waals surface area (Å²) in [5, 5.41) is 3.59. The monoisotopic (exact) mass is 347 g/mol. The molecule has 2 amide bonds. The van der Waals surface area contributed by atoms with Crippen molar-refractivity contribution in [3.63, 3.8) is 0 Å². The number of amides is 2. The molecule has 0 spiro atoms. The van der Waals surface area contributed by atoms with Gasteiger partial charge in [-0.1, -0.05) is 12.1 Å². The molecule has 1 aliphatic rings. The van der Waals surface area contributed by atoms with Gasteiger partial charge in [-0.05, 0) is 41.9 Å². The number of halogens is 1. The van der Waals surface area contributed by atoms with Crippen LogP contribution in [0.15, 0.2) is 34.9 Å². The van der Waals surface area contributed by atoms with Crippen LogP contribution in [-0.2, 0) is 9.59 Å². The van der Waals surface area contributed by atoms with E-state index in [4.69, 9.17) is 0 Å². The molecule has 21 heavy (non-hydrogen) atoms. The lowest BCUT2D eigenvalue weighted by Crippen LogP contribution is -2.61. The minimum Gasteiger partial charge on any atom is -0.343 e. The van der Waals surface area contributed by atoms with Crippen molar-refractivity contribution in [1.82, 2.24) is 10.3 Å². The number of hydrogen-bond donors (Lipinski definition) is 1. The molecule has 0 saturated carbocycles. The molecule has 2 unspecified atom stereocenters. The second-order valence-corrected chi connectivity index (χ2v) is 6.03. The summed E-state index contributed by atoms with van der Waals surface area (Å²) in [6, 6.07) is 6.48. The Bertz CT molecular complexity index is 747. The second kappa shape index (κ2) is 5.11. The molecule has 1 saturated heterocycles. The van der Waals surface area contributed by atoms with Gasteiger partial charge >= 0.3 is 0 Å². The summed E-state index contributed by atoms with van der Waals surface area (Å²) in [6.07, 6.45) is 1.69. The van der Waals surface area contributed by atoms with Crippen LogP contribution in [0.2, 0.25) is 0 Å². The molecule has 0 radical (unpaired) electrons. The van der Waals surface area contributed by atoms with Gasteiger partial charge in [0.1, 0.15) is 12.1 Å². The minimum atomic E-state index is -0.551. The maximum Gasteiger partial charge on any atom is 0.250 e. The molecule has 108 valence electrons. The summed E-state index contributed by atoms with van der Waals surface area (Å²) in [4.78, 5) is 30.4. The standard InChI is InChI=1S/C15H14BrN3O2/c1-8-15(21)19(9(2)14(20)18-8)12-5-3-4-10-6-11(16)7-17-13(10)12/h3-9H,1-2H3,(H,18,20). The Hall–Kier alpha value is -1.95. The predicted octanol–water partition coefficient (Wildman–Crippen LogP) is 2.24. The van der Waals surface area contributed by atoms with Crippen molar-refractivity contribution < 1.29 is 9.59 Å². The zero-order valence-electron chi connectivity index (χ0n) is 11.6. The molecule has 1 aromatic heterocycles. The van der Waals surface area contributed by atoms with Crippen LogP contribution in [0.5, 0.6) is 0 Å². The van der Waals surface area contributed by atoms with E-state index in [1.165, 1.54) is 4.90 Å². The first-order chi connectivity index (χ1) is 9.99. The van der Waals surface area contributed by atoms with Crippen molar-refractivity contribution in [2.45, 2.75) is 25.9 Å². The molecule has 2 heterocycles. The Morgan fingerprint density at radius 1 is 1.29 bits per heavy atom. The first-order valence-corrected chi connectivity index (χ1v) is 7.46. The molecule has 1 fully saturated rings. The highest BCUT2D eigenvalue weighted by atomic mass is 79.9. The highest BCUT2D eigenvalue weighted by molar-refractivity contribution is 9.10. The van der Waals surface area contributed by atoms with Crippen LogP contribution in [0.25, 0.3) is 10.9 Å². The van der Waals surface area contributed by atoms with Crippen molar-refractivity contribution >= 4 is 44.3 Å². The molecule has 0 aliphatic carbocycles. The number of rotatable bonds is 1. The summed E-state index contributed by atoms with van der Waals surface area (Å²) in [7, 11) is 0. The summed E-state index contributed by atoms with van der Waals surface area (Å²) in [6.45, 7) is 3.41. The maximum absolute atomic E-state index is 12.5. The number of hydrogen-bond acceptors (Lipinski definition) is 3. The van der Waals surface area contributed by atoms with Gasteiger partial charge in [0.15, 0.2) is 0 Å². The number of nitrogens with one attached hydrogen (secondary N) is 1. The molecular weight excluding hydrogens is 334 g/mol. The largest absolute Gasteiger partial charge is 0.343 e. The Morgan fingerprint density at radius 3 is 2.81 bits per heavy atom. The van der Waals surface area contributed by atoms with Crippen LogP contribution >= 0.6 is 15.9 Å². The van der Waals surface area contributed by atoms with Gasteiger partial charge in [-0.15, -0.1) is 0 Å². The number of carbonyl (C=O) groups is 2. The van der Waals surface area contributed by atoms with Crippen LogP contribution < -0.4 is 10.2 Å². The van der Waals surface area contributed by atoms with Crippen molar-refractivity contribution in [2.75, 3.05) is 4.90 Å². The second-order valence-electron chi connectivity index (χ2n) is 5.12. The van der Waals surface area contributed by atoms with E-state index in [9.17, 15) is 9.59 Å². The number of aromatic nitrogens is 1. The average Bonchev–Trinajstić information content (AvgIpc) is 2.45.